The van der Waals surface area contributed by atoms with Crippen LogP contribution in [-0.2, 0) is 9.59 Å². The smallest absolute Gasteiger partial charge is 0.238 e. The van der Waals surface area contributed by atoms with Gasteiger partial charge in [-0.2, -0.15) is 0 Å². The molecule has 2 amide bonds. The van der Waals surface area contributed by atoms with Crippen molar-refractivity contribution in [2.24, 2.45) is 35.5 Å². The van der Waals surface area contributed by atoms with Gasteiger partial charge in [-0.25, -0.2) is 0 Å². The number of anilines is 1. The van der Waals surface area contributed by atoms with Gasteiger partial charge in [0, 0.05) is 0 Å². The predicted octanol–water partition coefficient (Wildman–Crippen LogP) is 2.25. The van der Waals surface area contributed by atoms with Crippen LogP contribution < -0.4 is 9.64 Å². The molecule has 1 aromatic rings. The minimum absolute atomic E-state index is 0.00938. The zero-order valence-electron chi connectivity index (χ0n) is 12.3. The van der Waals surface area contributed by atoms with E-state index in [-0.39, 0.29) is 35.5 Å². The van der Waals surface area contributed by atoms with Gasteiger partial charge in [-0.1, -0.05) is 12.2 Å². The topological polar surface area (TPSA) is 46.6 Å². The summed E-state index contributed by atoms with van der Waals surface area (Å²) in [6.45, 7) is 0. The first-order valence-electron chi connectivity index (χ1n) is 7.91. The Kier molecular flexibility index (Phi) is 2.26. The van der Waals surface area contributed by atoms with Crippen molar-refractivity contribution in [1.29, 1.82) is 0 Å². The van der Waals surface area contributed by atoms with Crippen molar-refractivity contribution in [3.05, 3.63) is 36.4 Å². The first-order chi connectivity index (χ1) is 10.7. The van der Waals surface area contributed by atoms with Crippen molar-refractivity contribution in [3.63, 3.8) is 0 Å². The molecule has 4 aliphatic carbocycles. The molecule has 0 aromatic heterocycles. The van der Waals surface area contributed by atoms with E-state index < -0.39 is 0 Å². The Balaban J connectivity index is 1.54. The minimum atomic E-state index is -0.131. The number of amides is 2. The standard InChI is InChI=1S/C18H17NO3/c1-22-10-4-2-9(3-5-10)19-17(20)15-11-6-7-12(14-8-13(11)14)16(15)18(19)21/h2-7,11-16H,8H2,1H3/t11-,12-,13-,14-,15+,16+/m0/s1. The fraction of sp³-hybridized carbons (Fsp3) is 0.444. The predicted molar refractivity (Wildman–Crippen MR) is 80.2 cm³/mol. The Morgan fingerprint density at radius 2 is 1.50 bits per heavy atom. The number of ether oxygens (including phenoxy) is 1. The van der Waals surface area contributed by atoms with Crippen LogP contribution in [0.4, 0.5) is 5.69 Å². The molecule has 0 radical (unpaired) electrons. The molecular formula is C18H17NO3. The normalized spacial score (nSPS) is 40.7. The van der Waals surface area contributed by atoms with Crippen LogP contribution >= 0.6 is 0 Å². The Labute approximate surface area is 128 Å². The Morgan fingerprint density at radius 1 is 0.955 bits per heavy atom. The summed E-state index contributed by atoms with van der Waals surface area (Å²) in [7, 11) is 1.60. The molecule has 6 rings (SSSR count). The van der Waals surface area contributed by atoms with E-state index >= 15 is 0 Å². The Hall–Kier alpha value is -2.10. The van der Waals surface area contributed by atoms with E-state index in [1.807, 2.05) is 0 Å². The van der Waals surface area contributed by atoms with Gasteiger partial charge in [0.15, 0.2) is 0 Å². The number of carbonyl (C=O) groups is 2. The van der Waals surface area contributed by atoms with Crippen LogP contribution in [0.5, 0.6) is 5.75 Å². The molecular weight excluding hydrogens is 278 g/mol. The summed E-state index contributed by atoms with van der Waals surface area (Å²) in [4.78, 5) is 27.2. The summed E-state index contributed by atoms with van der Waals surface area (Å²) < 4.78 is 5.15. The molecule has 22 heavy (non-hydrogen) atoms. The van der Waals surface area contributed by atoms with E-state index in [1.165, 1.54) is 11.3 Å². The van der Waals surface area contributed by atoms with Crippen LogP contribution in [0.3, 0.4) is 0 Å². The summed E-state index contributed by atoms with van der Waals surface area (Å²) >= 11 is 0. The van der Waals surface area contributed by atoms with Crippen molar-refractivity contribution < 1.29 is 14.3 Å². The highest BCUT2D eigenvalue weighted by Gasteiger charge is 2.67. The van der Waals surface area contributed by atoms with Gasteiger partial charge in [0.25, 0.3) is 0 Å². The highest BCUT2D eigenvalue weighted by atomic mass is 16.5. The first kappa shape index (κ1) is 12.4. The number of hydrogen-bond donors (Lipinski definition) is 0. The van der Waals surface area contributed by atoms with Gasteiger partial charge in [-0.05, 0) is 54.4 Å². The van der Waals surface area contributed by atoms with E-state index in [0.717, 1.165) is 5.75 Å². The Bertz CT molecular complexity index is 672. The van der Waals surface area contributed by atoms with Crippen LogP contribution in [0.25, 0.3) is 0 Å². The fourth-order valence-electron chi connectivity index (χ4n) is 4.94. The maximum absolute atomic E-state index is 12.9. The molecule has 6 atom stereocenters. The molecule has 1 heterocycles. The van der Waals surface area contributed by atoms with Gasteiger partial charge in [-0.15, -0.1) is 0 Å². The van der Waals surface area contributed by atoms with Gasteiger partial charge < -0.3 is 4.74 Å². The van der Waals surface area contributed by atoms with Crippen molar-refractivity contribution in [3.8, 4) is 5.75 Å². The molecule has 1 aliphatic heterocycles. The maximum Gasteiger partial charge on any atom is 0.238 e. The molecule has 4 nitrogen and oxygen atoms in total. The van der Waals surface area contributed by atoms with Crippen LogP contribution in [0, 0.1) is 35.5 Å². The fourth-order valence-corrected chi connectivity index (χ4v) is 4.94. The second-order valence-electron chi connectivity index (χ2n) is 6.86. The third-order valence-corrected chi connectivity index (χ3v) is 5.99. The average Bonchev–Trinajstić information content (AvgIpc) is 3.32. The molecule has 1 aromatic carbocycles. The summed E-state index contributed by atoms with van der Waals surface area (Å²) in [5.41, 5.74) is 0.665. The molecule has 4 heteroatoms. The highest BCUT2D eigenvalue weighted by molar-refractivity contribution is 6.22. The zero-order chi connectivity index (χ0) is 15.0. The first-order valence-corrected chi connectivity index (χ1v) is 7.91. The van der Waals surface area contributed by atoms with Crippen molar-refractivity contribution in [2.75, 3.05) is 12.0 Å². The van der Waals surface area contributed by atoms with E-state index in [2.05, 4.69) is 12.2 Å². The second-order valence-corrected chi connectivity index (χ2v) is 6.86. The molecule has 0 N–H and O–H groups in total. The van der Waals surface area contributed by atoms with Gasteiger partial charge in [0.2, 0.25) is 11.8 Å². The lowest BCUT2D eigenvalue weighted by atomic mass is 9.63. The zero-order valence-corrected chi connectivity index (χ0v) is 12.3. The van der Waals surface area contributed by atoms with Crippen molar-refractivity contribution in [2.45, 2.75) is 6.42 Å². The molecule has 5 aliphatic rings. The van der Waals surface area contributed by atoms with E-state index in [4.69, 9.17) is 4.74 Å². The molecule has 3 fully saturated rings. The van der Waals surface area contributed by atoms with E-state index in [9.17, 15) is 9.59 Å². The monoisotopic (exact) mass is 295 g/mol. The van der Waals surface area contributed by atoms with Gasteiger partial charge in [-0.3, -0.25) is 14.5 Å². The number of hydrogen-bond acceptors (Lipinski definition) is 3. The van der Waals surface area contributed by atoms with Gasteiger partial charge in [0.1, 0.15) is 5.75 Å². The van der Waals surface area contributed by atoms with Crippen LogP contribution in [0.15, 0.2) is 36.4 Å². The van der Waals surface area contributed by atoms with Crippen molar-refractivity contribution >= 4 is 17.5 Å². The van der Waals surface area contributed by atoms with Crippen LogP contribution in [0.2, 0.25) is 0 Å². The van der Waals surface area contributed by atoms with E-state index in [1.54, 1.807) is 31.4 Å². The van der Waals surface area contributed by atoms with Crippen LogP contribution in [0.1, 0.15) is 6.42 Å². The summed E-state index contributed by atoms with van der Waals surface area (Å²) in [5, 5.41) is 0. The third-order valence-electron chi connectivity index (χ3n) is 5.99. The molecule has 0 unspecified atom stereocenters. The number of benzene rings is 1. The molecule has 1 saturated heterocycles. The molecule has 2 bridgehead atoms. The maximum atomic E-state index is 12.9. The lowest BCUT2D eigenvalue weighted by molar-refractivity contribution is -0.124. The summed E-state index contributed by atoms with van der Waals surface area (Å²) in [6, 6.07) is 7.18. The number of nitrogens with zero attached hydrogens (tertiary/aromatic N) is 1. The number of rotatable bonds is 2. The van der Waals surface area contributed by atoms with Gasteiger partial charge >= 0.3 is 0 Å². The lowest BCUT2D eigenvalue weighted by Gasteiger charge is -2.37. The van der Waals surface area contributed by atoms with E-state index in [0.29, 0.717) is 17.5 Å². The average molecular weight is 295 g/mol. The van der Waals surface area contributed by atoms with Crippen molar-refractivity contribution in [1.82, 2.24) is 0 Å². The second kappa shape index (κ2) is 4.00. The SMILES string of the molecule is COc1ccc(N2C(=O)[C@@H]3[C@H]4C=C[C@@H]([C@@H]5C[C@@H]45)[C@H]3C2=O)cc1. The summed E-state index contributed by atoms with van der Waals surface area (Å²) in [6.07, 6.45) is 5.59. The highest BCUT2D eigenvalue weighted by Crippen LogP contribution is 2.65. The van der Waals surface area contributed by atoms with Crippen LogP contribution in [-0.4, -0.2) is 18.9 Å². The lowest BCUT2D eigenvalue weighted by Crippen LogP contribution is -2.40. The summed E-state index contributed by atoms with van der Waals surface area (Å²) in [5.74, 6) is 2.28. The quantitative estimate of drug-likeness (QED) is 0.621. The number of methoxy groups -OCH3 is 1. The minimum Gasteiger partial charge on any atom is -0.497 e. The largest absolute Gasteiger partial charge is 0.497 e. The number of imide groups is 1. The third kappa shape index (κ3) is 1.38. The molecule has 112 valence electrons. The number of allylic oxidation sites excluding steroid dienone is 2. The number of carbonyl (C=O) groups excluding carboxylic acids is 2. The van der Waals surface area contributed by atoms with Gasteiger partial charge in [0.05, 0.1) is 24.6 Å². The molecule has 2 saturated carbocycles. The molecule has 0 spiro atoms. The Morgan fingerprint density at radius 3 is 2.00 bits per heavy atom.